The van der Waals surface area contributed by atoms with E-state index in [0.717, 1.165) is 4.90 Å². The molecule has 0 unspecified atom stereocenters. The van der Waals surface area contributed by atoms with Gasteiger partial charge in [0.1, 0.15) is 5.82 Å². The zero-order valence-corrected chi connectivity index (χ0v) is 14.6. The average Bonchev–Trinajstić information content (AvgIpc) is 2.86. The lowest BCUT2D eigenvalue weighted by molar-refractivity contribution is -0.129. The lowest BCUT2D eigenvalue weighted by atomic mass is 10.1. The highest BCUT2D eigenvalue weighted by Gasteiger charge is 2.29. The first kappa shape index (κ1) is 18.7. The fourth-order valence-corrected chi connectivity index (χ4v) is 5.05. The molecule has 24 heavy (non-hydrogen) atoms. The van der Waals surface area contributed by atoms with Crippen LogP contribution in [0.1, 0.15) is 19.3 Å². The molecule has 2 N–H and O–H groups in total. The van der Waals surface area contributed by atoms with Crippen LogP contribution in [0.3, 0.4) is 0 Å². The van der Waals surface area contributed by atoms with E-state index in [1.54, 1.807) is 12.1 Å². The summed E-state index contributed by atoms with van der Waals surface area (Å²) in [6.45, 7) is 0. The summed E-state index contributed by atoms with van der Waals surface area (Å²) in [6.07, 6.45) is 0.766. The number of amides is 2. The maximum Gasteiger partial charge on any atom is 0.239 e. The van der Waals surface area contributed by atoms with Crippen molar-refractivity contribution in [3.8, 4) is 0 Å². The van der Waals surface area contributed by atoms with Gasteiger partial charge in [0.25, 0.3) is 0 Å². The van der Waals surface area contributed by atoms with Gasteiger partial charge in [-0.3, -0.25) is 20.4 Å². The van der Waals surface area contributed by atoms with Crippen molar-refractivity contribution >= 4 is 33.4 Å². The van der Waals surface area contributed by atoms with E-state index in [-0.39, 0.29) is 42.0 Å². The zero-order chi connectivity index (χ0) is 17.6. The fraction of sp³-hybridized carbons (Fsp3) is 0.467. The molecule has 132 valence electrons. The van der Waals surface area contributed by atoms with Crippen LogP contribution in [-0.4, -0.2) is 37.5 Å². The number of benzene rings is 1. The van der Waals surface area contributed by atoms with Crippen LogP contribution in [0.4, 0.5) is 4.39 Å². The van der Waals surface area contributed by atoms with Crippen molar-refractivity contribution in [1.29, 1.82) is 0 Å². The maximum atomic E-state index is 12.8. The van der Waals surface area contributed by atoms with Gasteiger partial charge in [-0.05, 0) is 36.6 Å². The van der Waals surface area contributed by atoms with Crippen LogP contribution < -0.4 is 10.9 Å². The molecule has 1 aromatic carbocycles. The van der Waals surface area contributed by atoms with Gasteiger partial charge in [0, 0.05) is 23.5 Å². The lowest BCUT2D eigenvalue weighted by Crippen LogP contribution is -2.42. The van der Waals surface area contributed by atoms with Crippen LogP contribution in [0, 0.1) is 11.7 Å². The number of halogens is 1. The summed E-state index contributed by atoms with van der Waals surface area (Å²) in [4.78, 5) is 24.2. The van der Waals surface area contributed by atoms with Gasteiger partial charge in [-0.25, -0.2) is 12.8 Å². The molecule has 9 heteroatoms. The molecule has 6 nitrogen and oxygen atoms in total. The molecule has 1 aromatic rings. The van der Waals surface area contributed by atoms with Gasteiger partial charge in [0.05, 0.1) is 11.5 Å². The van der Waals surface area contributed by atoms with Crippen molar-refractivity contribution in [2.75, 3.05) is 17.3 Å². The Morgan fingerprint density at radius 2 is 1.83 bits per heavy atom. The van der Waals surface area contributed by atoms with Crippen molar-refractivity contribution in [3.63, 3.8) is 0 Å². The minimum absolute atomic E-state index is 0.0304. The third kappa shape index (κ3) is 6.48. The quantitative estimate of drug-likeness (QED) is 0.578. The minimum atomic E-state index is -3.01. The summed E-state index contributed by atoms with van der Waals surface area (Å²) in [5, 5.41) is 0. The normalized spacial score (nSPS) is 19.0. The molecule has 1 atom stereocenters. The van der Waals surface area contributed by atoms with E-state index in [9.17, 15) is 22.4 Å². The summed E-state index contributed by atoms with van der Waals surface area (Å²) in [7, 11) is -3.01. The first-order valence-electron chi connectivity index (χ1n) is 7.50. The summed E-state index contributed by atoms with van der Waals surface area (Å²) < 4.78 is 35.4. The van der Waals surface area contributed by atoms with Gasteiger partial charge < -0.3 is 0 Å². The molecule has 1 aliphatic rings. The highest BCUT2D eigenvalue weighted by Crippen LogP contribution is 2.21. The van der Waals surface area contributed by atoms with Crippen LogP contribution in [0.2, 0.25) is 0 Å². The van der Waals surface area contributed by atoms with Crippen molar-refractivity contribution in [2.45, 2.75) is 24.2 Å². The Morgan fingerprint density at radius 3 is 2.46 bits per heavy atom. The number of hydrogen-bond donors (Lipinski definition) is 2. The molecular formula is C15H19FN2O4S2. The second kappa shape index (κ2) is 8.48. The predicted molar refractivity (Wildman–Crippen MR) is 89.4 cm³/mol. The minimum Gasteiger partial charge on any atom is -0.273 e. The van der Waals surface area contributed by atoms with Crippen molar-refractivity contribution in [2.24, 2.45) is 5.92 Å². The number of sulfone groups is 1. The molecule has 1 heterocycles. The first-order chi connectivity index (χ1) is 11.3. The molecule has 0 aliphatic carbocycles. The molecule has 0 radical (unpaired) electrons. The van der Waals surface area contributed by atoms with E-state index in [1.165, 1.54) is 23.9 Å². The van der Waals surface area contributed by atoms with Crippen molar-refractivity contribution < 1.29 is 22.4 Å². The van der Waals surface area contributed by atoms with Crippen LogP contribution in [0.5, 0.6) is 0 Å². The van der Waals surface area contributed by atoms with E-state index in [1.807, 2.05) is 0 Å². The summed E-state index contributed by atoms with van der Waals surface area (Å²) in [5.74, 6) is -0.570. The monoisotopic (exact) mass is 374 g/mol. The van der Waals surface area contributed by atoms with Crippen molar-refractivity contribution in [3.05, 3.63) is 30.1 Å². The number of hydrazine groups is 1. The second-order valence-corrected chi connectivity index (χ2v) is 9.02. The lowest BCUT2D eigenvalue weighted by Gasteiger charge is -2.10. The number of nitrogens with one attached hydrogen (secondary N) is 2. The highest BCUT2D eigenvalue weighted by molar-refractivity contribution is 7.99. The molecule has 0 saturated carbocycles. The largest absolute Gasteiger partial charge is 0.273 e. The Balaban J connectivity index is 1.60. The van der Waals surface area contributed by atoms with E-state index in [0.29, 0.717) is 12.2 Å². The van der Waals surface area contributed by atoms with E-state index in [4.69, 9.17) is 0 Å². The van der Waals surface area contributed by atoms with Crippen LogP contribution in [0.25, 0.3) is 0 Å². The van der Waals surface area contributed by atoms with Gasteiger partial charge in [0.2, 0.25) is 11.8 Å². The van der Waals surface area contributed by atoms with Gasteiger partial charge in [0.15, 0.2) is 9.84 Å². The van der Waals surface area contributed by atoms with E-state index in [2.05, 4.69) is 10.9 Å². The first-order valence-corrected chi connectivity index (χ1v) is 10.3. The molecule has 0 spiro atoms. The smallest absolute Gasteiger partial charge is 0.239 e. The third-order valence-electron chi connectivity index (χ3n) is 3.55. The fourth-order valence-electron chi connectivity index (χ4n) is 2.34. The Morgan fingerprint density at radius 1 is 1.17 bits per heavy atom. The molecular weight excluding hydrogens is 355 g/mol. The Hall–Kier alpha value is -1.61. The van der Waals surface area contributed by atoms with Crippen LogP contribution in [-0.2, 0) is 19.4 Å². The maximum absolute atomic E-state index is 12.8. The number of carbonyl (C=O) groups excluding carboxylic acids is 2. The topological polar surface area (TPSA) is 92.3 Å². The molecule has 2 rings (SSSR count). The Kier molecular flexibility index (Phi) is 6.61. The number of thioether (sulfide) groups is 1. The summed E-state index contributed by atoms with van der Waals surface area (Å²) in [5.41, 5.74) is 4.61. The van der Waals surface area contributed by atoms with Gasteiger partial charge in [-0.2, -0.15) is 0 Å². The molecule has 2 amide bonds. The standard InChI is InChI=1S/C15H19FN2O4S2/c16-12-1-3-13(4-2-12)23-7-5-14(19)17-18-15(20)9-11-6-8-24(21,22)10-11/h1-4,11H,5-10H2,(H,17,19)(H,18,20)/t11-/m1/s1. The zero-order valence-electron chi connectivity index (χ0n) is 13.0. The van der Waals surface area contributed by atoms with Gasteiger partial charge in [-0.15, -0.1) is 11.8 Å². The number of rotatable bonds is 6. The molecule has 1 aliphatic heterocycles. The molecule has 1 saturated heterocycles. The molecule has 0 aromatic heterocycles. The van der Waals surface area contributed by atoms with Crippen molar-refractivity contribution in [1.82, 2.24) is 10.9 Å². The highest BCUT2D eigenvalue weighted by atomic mass is 32.2. The van der Waals surface area contributed by atoms with E-state index >= 15 is 0 Å². The summed E-state index contributed by atoms with van der Waals surface area (Å²) in [6, 6.07) is 5.97. The summed E-state index contributed by atoms with van der Waals surface area (Å²) >= 11 is 1.41. The Labute approximate surface area is 144 Å². The van der Waals surface area contributed by atoms with E-state index < -0.39 is 15.7 Å². The van der Waals surface area contributed by atoms with Crippen LogP contribution in [0.15, 0.2) is 29.2 Å². The number of carbonyl (C=O) groups is 2. The Bertz CT molecular complexity index is 692. The van der Waals surface area contributed by atoms with Gasteiger partial charge in [-0.1, -0.05) is 0 Å². The van der Waals surface area contributed by atoms with Gasteiger partial charge >= 0.3 is 0 Å². The SMILES string of the molecule is O=C(CCSc1ccc(F)cc1)NNC(=O)C[C@H]1CCS(=O)(=O)C1. The second-order valence-electron chi connectivity index (χ2n) is 5.62. The predicted octanol–water partition coefficient (Wildman–Crippen LogP) is 1.28. The number of hydrogen-bond acceptors (Lipinski definition) is 5. The third-order valence-corrected chi connectivity index (χ3v) is 6.40. The molecule has 1 fully saturated rings. The van der Waals surface area contributed by atoms with Crippen LogP contribution >= 0.6 is 11.8 Å². The molecule has 0 bridgehead atoms. The average molecular weight is 374 g/mol.